The summed E-state index contributed by atoms with van der Waals surface area (Å²) in [4.78, 5) is 11.6. The summed E-state index contributed by atoms with van der Waals surface area (Å²) < 4.78 is 6.19. The van der Waals surface area contributed by atoms with Crippen molar-refractivity contribution in [3.05, 3.63) is 58.1 Å². The first-order valence-electron chi connectivity index (χ1n) is 6.55. The molecule has 2 aromatic rings. The average Bonchev–Trinajstić information content (AvgIpc) is 2.48. The molecule has 0 unspecified atom stereocenters. The minimum atomic E-state index is -0.390. The topological polar surface area (TPSA) is 70.9 Å². The number of halogens is 1. The Morgan fingerprint density at radius 2 is 2.14 bits per heavy atom. The fourth-order valence-electron chi connectivity index (χ4n) is 1.67. The molecular weight excluding hydrogens is 348 g/mol. The number of ether oxygens (including phenoxy) is 1. The second kappa shape index (κ2) is 7.61. The van der Waals surface area contributed by atoms with Crippen LogP contribution in [-0.4, -0.2) is 23.8 Å². The summed E-state index contributed by atoms with van der Waals surface area (Å²) in [5.74, 6) is 0.296. The van der Waals surface area contributed by atoms with Crippen LogP contribution in [0.2, 0.25) is 0 Å². The number of aromatic hydroxyl groups is 1. The van der Waals surface area contributed by atoms with Crippen LogP contribution in [0.25, 0.3) is 0 Å². The second-order valence-corrected chi connectivity index (χ2v) is 5.43. The largest absolute Gasteiger partial charge is 0.507 e. The predicted molar refractivity (Wildman–Crippen MR) is 88.2 cm³/mol. The zero-order valence-corrected chi connectivity index (χ0v) is 13.5. The van der Waals surface area contributed by atoms with Crippen molar-refractivity contribution in [2.24, 2.45) is 5.10 Å². The molecule has 2 aromatic carbocycles. The van der Waals surface area contributed by atoms with Gasteiger partial charge in [-0.2, -0.15) is 5.10 Å². The Kier molecular flexibility index (Phi) is 5.55. The fraction of sp³-hybridized carbons (Fsp3) is 0.125. The highest BCUT2D eigenvalue weighted by Crippen LogP contribution is 2.25. The van der Waals surface area contributed by atoms with Crippen molar-refractivity contribution in [1.29, 1.82) is 0 Å². The number of hydrogen-bond donors (Lipinski definition) is 2. The number of para-hydroxylation sites is 1. The number of rotatable bonds is 5. The van der Waals surface area contributed by atoms with Crippen LogP contribution in [-0.2, 0) is 4.79 Å². The molecule has 0 aliphatic rings. The Bertz CT molecular complexity index is 702. The van der Waals surface area contributed by atoms with Gasteiger partial charge in [0.05, 0.1) is 10.7 Å². The minimum absolute atomic E-state index is 0.0975. The van der Waals surface area contributed by atoms with Gasteiger partial charge in [-0.25, -0.2) is 5.43 Å². The number of nitrogens with zero attached hydrogens (tertiary/aromatic N) is 1. The van der Waals surface area contributed by atoms with E-state index in [0.29, 0.717) is 11.3 Å². The standard InChI is InChI=1S/C16H15BrN2O3/c1-11-6-7-15(13(17)8-11)22-10-16(21)19-18-9-12-4-2-3-5-14(12)20/h2-9,20H,10H2,1H3,(H,19,21). The van der Waals surface area contributed by atoms with E-state index in [2.05, 4.69) is 26.5 Å². The van der Waals surface area contributed by atoms with Crippen LogP contribution in [0.4, 0.5) is 0 Å². The third-order valence-corrected chi connectivity index (χ3v) is 3.40. The van der Waals surface area contributed by atoms with Crippen molar-refractivity contribution in [1.82, 2.24) is 5.43 Å². The number of amides is 1. The molecule has 2 rings (SSSR count). The molecule has 0 fully saturated rings. The van der Waals surface area contributed by atoms with Gasteiger partial charge in [0.15, 0.2) is 6.61 Å². The summed E-state index contributed by atoms with van der Waals surface area (Å²) in [6.07, 6.45) is 1.37. The second-order valence-electron chi connectivity index (χ2n) is 4.57. The molecule has 0 spiro atoms. The zero-order valence-electron chi connectivity index (χ0n) is 11.9. The van der Waals surface area contributed by atoms with Crippen molar-refractivity contribution < 1.29 is 14.6 Å². The van der Waals surface area contributed by atoms with E-state index in [1.807, 2.05) is 19.1 Å². The van der Waals surface area contributed by atoms with Crippen LogP contribution in [0, 0.1) is 6.92 Å². The Labute approximate surface area is 136 Å². The zero-order chi connectivity index (χ0) is 15.9. The Morgan fingerprint density at radius 1 is 1.36 bits per heavy atom. The van der Waals surface area contributed by atoms with Crippen molar-refractivity contribution in [2.45, 2.75) is 6.92 Å². The number of phenols is 1. The number of aryl methyl sites for hydroxylation is 1. The van der Waals surface area contributed by atoms with Crippen LogP contribution in [0.1, 0.15) is 11.1 Å². The van der Waals surface area contributed by atoms with E-state index in [4.69, 9.17) is 4.74 Å². The van der Waals surface area contributed by atoms with E-state index in [0.717, 1.165) is 10.0 Å². The van der Waals surface area contributed by atoms with E-state index in [1.165, 1.54) is 6.21 Å². The first kappa shape index (κ1) is 16.0. The summed E-state index contributed by atoms with van der Waals surface area (Å²) in [6, 6.07) is 12.3. The van der Waals surface area contributed by atoms with Gasteiger partial charge >= 0.3 is 0 Å². The molecule has 22 heavy (non-hydrogen) atoms. The first-order valence-corrected chi connectivity index (χ1v) is 7.34. The highest BCUT2D eigenvalue weighted by molar-refractivity contribution is 9.10. The van der Waals surface area contributed by atoms with E-state index < -0.39 is 0 Å². The quantitative estimate of drug-likeness (QED) is 0.634. The van der Waals surface area contributed by atoms with Crippen LogP contribution in [0.15, 0.2) is 52.0 Å². The van der Waals surface area contributed by atoms with E-state index in [-0.39, 0.29) is 18.3 Å². The first-order chi connectivity index (χ1) is 10.6. The average molecular weight is 363 g/mol. The van der Waals surface area contributed by atoms with Gasteiger partial charge in [-0.05, 0) is 52.7 Å². The molecule has 114 valence electrons. The molecule has 0 saturated heterocycles. The Morgan fingerprint density at radius 3 is 2.86 bits per heavy atom. The lowest BCUT2D eigenvalue weighted by molar-refractivity contribution is -0.123. The molecule has 1 amide bonds. The van der Waals surface area contributed by atoms with Crippen molar-refractivity contribution in [3.63, 3.8) is 0 Å². The lowest BCUT2D eigenvalue weighted by atomic mass is 10.2. The molecule has 0 bridgehead atoms. The fourth-order valence-corrected chi connectivity index (χ4v) is 2.28. The van der Waals surface area contributed by atoms with Gasteiger partial charge in [0.2, 0.25) is 0 Å². The molecule has 0 radical (unpaired) electrons. The van der Waals surface area contributed by atoms with Crippen LogP contribution in [0.3, 0.4) is 0 Å². The third kappa shape index (κ3) is 4.60. The molecule has 2 N–H and O–H groups in total. The number of hydrogen-bond acceptors (Lipinski definition) is 4. The molecule has 0 aliphatic heterocycles. The van der Waals surface area contributed by atoms with Gasteiger partial charge in [-0.1, -0.05) is 18.2 Å². The molecule has 0 atom stereocenters. The SMILES string of the molecule is Cc1ccc(OCC(=O)NN=Cc2ccccc2O)c(Br)c1. The lowest BCUT2D eigenvalue weighted by Crippen LogP contribution is -2.24. The predicted octanol–water partition coefficient (Wildman–Crippen LogP) is 2.99. The number of carbonyl (C=O) groups is 1. The Hall–Kier alpha value is -2.34. The summed E-state index contributed by atoms with van der Waals surface area (Å²) >= 11 is 3.37. The van der Waals surface area contributed by atoms with Gasteiger partial charge < -0.3 is 9.84 Å². The van der Waals surface area contributed by atoms with Crippen LogP contribution < -0.4 is 10.2 Å². The van der Waals surface area contributed by atoms with Crippen LogP contribution >= 0.6 is 15.9 Å². The van der Waals surface area contributed by atoms with Crippen molar-refractivity contribution in [2.75, 3.05) is 6.61 Å². The molecule has 6 heteroatoms. The summed E-state index contributed by atoms with van der Waals surface area (Å²) in [7, 11) is 0. The maximum atomic E-state index is 11.6. The van der Waals surface area contributed by atoms with Gasteiger partial charge in [-0.15, -0.1) is 0 Å². The molecule has 0 aromatic heterocycles. The maximum absolute atomic E-state index is 11.6. The normalized spacial score (nSPS) is 10.6. The van der Waals surface area contributed by atoms with Gasteiger partial charge in [-0.3, -0.25) is 4.79 Å². The summed E-state index contributed by atoms with van der Waals surface area (Å²) in [5.41, 5.74) is 3.95. The van der Waals surface area contributed by atoms with Crippen molar-refractivity contribution >= 4 is 28.1 Å². The van der Waals surface area contributed by atoms with E-state index in [9.17, 15) is 9.90 Å². The maximum Gasteiger partial charge on any atom is 0.277 e. The number of hydrazone groups is 1. The van der Waals surface area contributed by atoms with E-state index >= 15 is 0 Å². The highest BCUT2D eigenvalue weighted by Gasteiger charge is 2.05. The highest BCUT2D eigenvalue weighted by atomic mass is 79.9. The Balaban J connectivity index is 1.84. The molecule has 0 saturated carbocycles. The lowest BCUT2D eigenvalue weighted by Gasteiger charge is -2.07. The molecule has 5 nitrogen and oxygen atoms in total. The summed E-state index contributed by atoms with van der Waals surface area (Å²) in [6.45, 7) is 1.81. The third-order valence-electron chi connectivity index (χ3n) is 2.78. The number of nitrogens with one attached hydrogen (secondary N) is 1. The van der Waals surface area contributed by atoms with Gasteiger partial charge in [0, 0.05) is 5.56 Å². The van der Waals surface area contributed by atoms with Crippen molar-refractivity contribution in [3.8, 4) is 11.5 Å². The van der Waals surface area contributed by atoms with Gasteiger partial charge in [0.1, 0.15) is 11.5 Å². The molecular formula is C16H15BrN2O3. The summed E-state index contributed by atoms with van der Waals surface area (Å²) in [5, 5.41) is 13.3. The number of carbonyl (C=O) groups excluding carboxylic acids is 1. The minimum Gasteiger partial charge on any atom is -0.507 e. The van der Waals surface area contributed by atoms with Gasteiger partial charge in [0.25, 0.3) is 5.91 Å². The molecule has 0 heterocycles. The smallest absolute Gasteiger partial charge is 0.277 e. The van der Waals surface area contributed by atoms with Crippen LogP contribution in [0.5, 0.6) is 11.5 Å². The number of benzene rings is 2. The number of phenolic OH excluding ortho intramolecular Hbond substituents is 1. The monoisotopic (exact) mass is 362 g/mol. The van der Waals surface area contributed by atoms with E-state index in [1.54, 1.807) is 30.3 Å². The molecule has 0 aliphatic carbocycles.